The van der Waals surface area contributed by atoms with Crippen LogP contribution < -0.4 is 9.47 Å². The fraction of sp³-hybridized carbons (Fsp3) is 0.100. The summed E-state index contributed by atoms with van der Waals surface area (Å²) in [4.78, 5) is 0. The molecule has 2 rings (SSSR count). The van der Waals surface area contributed by atoms with Crippen molar-refractivity contribution in [3.05, 3.63) is 29.8 Å². The van der Waals surface area contributed by atoms with E-state index in [2.05, 4.69) is 6.58 Å². The Hall–Kier alpha value is -1.77. The van der Waals surface area contributed by atoms with Crippen LogP contribution in [0, 0.1) is 5.41 Å². The molecule has 66 valence electrons. The van der Waals surface area contributed by atoms with Crippen LogP contribution in [0.1, 0.15) is 11.1 Å². The summed E-state index contributed by atoms with van der Waals surface area (Å²) in [7, 11) is 0. The zero-order valence-electron chi connectivity index (χ0n) is 7.04. The minimum atomic E-state index is 0.233. The largest absolute Gasteiger partial charge is 0.454 e. The van der Waals surface area contributed by atoms with Crippen molar-refractivity contribution < 1.29 is 9.47 Å². The van der Waals surface area contributed by atoms with Gasteiger partial charge >= 0.3 is 0 Å². The van der Waals surface area contributed by atoms with Gasteiger partial charge in [-0.3, -0.25) is 0 Å². The number of ether oxygens (including phenoxy) is 2. The lowest BCUT2D eigenvalue weighted by molar-refractivity contribution is 0.174. The first-order valence-corrected chi connectivity index (χ1v) is 3.92. The minimum absolute atomic E-state index is 0.233. The molecule has 0 saturated heterocycles. The number of benzene rings is 1. The number of fused-ring (bicyclic) bond motifs is 1. The molecule has 1 aromatic rings. The molecule has 1 aliphatic rings. The van der Waals surface area contributed by atoms with Crippen molar-refractivity contribution in [2.24, 2.45) is 0 Å². The first kappa shape index (κ1) is 7.86. The maximum Gasteiger partial charge on any atom is 0.231 e. The van der Waals surface area contributed by atoms with E-state index in [-0.39, 0.29) is 6.79 Å². The molecule has 1 N–H and O–H groups in total. The Morgan fingerprint density at radius 3 is 2.92 bits per heavy atom. The van der Waals surface area contributed by atoms with Crippen molar-refractivity contribution in [2.75, 3.05) is 6.79 Å². The Labute approximate surface area is 76.1 Å². The Morgan fingerprint density at radius 1 is 1.38 bits per heavy atom. The third-order valence-corrected chi connectivity index (χ3v) is 1.98. The van der Waals surface area contributed by atoms with Crippen LogP contribution in [-0.2, 0) is 0 Å². The minimum Gasteiger partial charge on any atom is -0.454 e. The molecule has 13 heavy (non-hydrogen) atoms. The summed E-state index contributed by atoms with van der Waals surface area (Å²) in [6.45, 7) is 3.90. The van der Waals surface area contributed by atoms with Crippen LogP contribution in [0.5, 0.6) is 11.5 Å². The van der Waals surface area contributed by atoms with Gasteiger partial charge in [-0.05, 0) is 11.6 Å². The lowest BCUT2D eigenvalue weighted by Gasteiger charge is -2.03. The van der Waals surface area contributed by atoms with Gasteiger partial charge in [-0.15, -0.1) is 0 Å². The second-order valence-corrected chi connectivity index (χ2v) is 2.65. The molecule has 0 amide bonds. The molecule has 1 heterocycles. The van der Waals surface area contributed by atoms with Crippen LogP contribution >= 0.6 is 0 Å². The first-order chi connectivity index (χ1) is 6.36. The molecule has 1 aromatic carbocycles. The van der Waals surface area contributed by atoms with E-state index in [9.17, 15) is 0 Å². The Balaban J connectivity index is 2.65. The molecule has 0 saturated carbocycles. The number of nitrogens with one attached hydrogen (secondary N) is 1. The average Bonchev–Trinajstić information content (AvgIpc) is 2.63. The zero-order chi connectivity index (χ0) is 9.26. The smallest absolute Gasteiger partial charge is 0.231 e. The highest BCUT2D eigenvalue weighted by Gasteiger charge is 2.18. The van der Waals surface area contributed by atoms with Gasteiger partial charge in [0.2, 0.25) is 6.79 Å². The molecule has 3 nitrogen and oxygen atoms in total. The fourth-order valence-electron chi connectivity index (χ4n) is 1.34. The number of hydrogen-bond acceptors (Lipinski definition) is 3. The molecule has 0 unspecified atom stereocenters. The van der Waals surface area contributed by atoms with Crippen molar-refractivity contribution in [3.8, 4) is 11.5 Å². The number of rotatable bonds is 2. The average molecular weight is 175 g/mol. The third-order valence-electron chi connectivity index (χ3n) is 1.98. The van der Waals surface area contributed by atoms with Gasteiger partial charge < -0.3 is 14.9 Å². The van der Waals surface area contributed by atoms with Gasteiger partial charge in [-0.1, -0.05) is 18.7 Å². The highest BCUT2D eigenvalue weighted by molar-refractivity contribution is 5.88. The van der Waals surface area contributed by atoms with Crippen molar-refractivity contribution in [3.63, 3.8) is 0 Å². The van der Waals surface area contributed by atoms with Crippen molar-refractivity contribution in [1.29, 1.82) is 5.41 Å². The predicted molar refractivity (Wildman–Crippen MR) is 50.5 cm³/mol. The normalized spacial score (nSPS) is 12.6. The lowest BCUT2D eigenvalue weighted by atomic mass is 10.1. The van der Waals surface area contributed by atoms with E-state index in [0.717, 1.165) is 11.1 Å². The van der Waals surface area contributed by atoms with Crippen LogP contribution in [0.15, 0.2) is 18.7 Å². The number of hydrogen-bond donors (Lipinski definition) is 1. The molecule has 0 atom stereocenters. The van der Waals surface area contributed by atoms with E-state index in [4.69, 9.17) is 14.9 Å². The fourth-order valence-corrected chi connectivity index (χ4v) is 1.34. The highest BCUT2D eigenvalue weighted by Crippen LogP contribution is 2.36. The van der Waals surface area contributed by atoms with E-state index in [1.165, 1.54) is 6.21 Å². The Bertz CT molecular complexity index is 371. The topological polar surface area (TPSA) is 42.3 Å². The molecule has 0 bridgehead atoms. The quantitative estimate of drug-likeness (QED) is 0.699. The van der Waals surface area contributed by atoms with Crippen LogP contribution in [0.25, 0.3) is 6.08 Å². The maximum atomic E-state index is 7.25. The SMILES string of the molecule is C=Cc1ccc2c(c1C=N)OCO2. The molecule has 3 heteroatoms. The molecule has 0 spiro atoms. The van der Waals surface area contributed by atoms with Crippen molar-refractivity contribution >= 4 is 12.3 Å². The van der Waals surface area contributed by atoms with Gasteiger partial charge in [0, 0.05) is 11.8 Å². The van der Waals surface area contributed by atoms with Gasteiger partial charge in [-0.25, -0.2) is 0 Å². The van der Waals surface area contributed by atoms with Crippen LogP contribution in [0.2, 0.25) is 0 Å². The first-order valence-electron chi connectivity index (χ1n) is 3.92. The monoisotopic (exact) mass is 175 g/mol. The summed E-state index contributed by atoms with van der Waals surface area (Å²) in [6.07, 6.45) is 2.95. The van der Waals surface area contributed by atoms with E-state index in [0.29, 0.717) is 11.5 Å². The Kier molecular flexibility index (Phi) is 1.77. The summed E-state index contributed by atoms with van der Waals surface area (Å²) in [5, 5.41) is 7.25. The lowest BCUT2D eigenvalue weighted by Crippen LogP contribution is -1.94. The van der Waals surface area contributed by atoms with Gasteiger partial charge in [-0.2, -0.15) is 0 Å². The van der Waals surface area contributed by atoms with Gasteiger partial charge in [0.05, 0.1) is 0 Å². The van der Waals surface area contributed by atoms with Gasteiger partial charge in [0.25, 0.3) is 0 Å². The standard InChI is InChI=1S/C10H9NO2/c1-2-7-3-4-9-10(8(7)5-11)13-6-12-9/h2-5,11H,1,6H2. The summed E-state index contributed by atoms with van der Waals surface area (Å²) >= 11 is 0. The summed E-state index contributed by atoms with van der Waals surface area (Å²) in [6, 6.07) is 3.69. The predicted octanol–water partition coefficient (Wildman–Crippen LogP) is 2.06. The second-order valence-electron chi connectivity index (χ2n) is 2.65. The van der Waals surface area contributed by atoms with Gasteiger partial charge in [0.1, 0.15) is 0 Å². The van der Waals surface area contributed by atoms with E-state index in [1.807, 2.05) is 12.1 Å². The summed E-state index contributed by atoms with van der Waals surface area (Å²) in [5.41, 5.74) is 1.62. The second kappa shape index (κ2) is 2.94. The van der Waals surface area contributed by atoms with Crippen molar-refractivity contribution in [1.82, 2.24) is 0 Å². The molecule has 0 radical (unpaired) electrons. The maximum absolute atomic E-state index is 7.25. The van der Waals surface area contributed by atoms with Crippen LogP contribution in [-0.4, -0.2) is 13.0 Å². The third kappa shape index (κ3) is 1.09. The van der Waals surface area contributed by atoms with Crippen LogP contribution in [0.3, 0.4) is 0 Å². The van der Waals surface area contributed by atoms with E-state index < -0.39 is 0 Å². The highest BCUT2D eigenvalue weighted by atomic mass is 16.7. The Morgan fingerprint density at radius 2 is 2.23 bits per heavy atom. The van der Waals surface area contributed by atoms with E-state index >= 15 is 0 Å². The molecular weight excluding hydrogens is 166 g/mol. The van der Waals surface area contributed by atoms with Crippen LogP contribution in [0.4, 0.5) is 0 Å². The summed E-state index contributed by atoms with van der Waals surface area (Å²) in [5.74, 6) is 1.34. The molecular formula is C10H9NO2. The van der Waals surface area contributed by atoms with E-state index in [1.54, 1.807) is 6.08 Å². The zero-order valence-corrected chi connectivity index (χ0v) is 7.04. The summed E-state index contributed by atoms with van der Waals surface area (Å²) < 4.78 is 10.4. The van der Waals surface area contributed by atoms with Crippen molar-refractivity contribution in [2.45, 2.75) is 0 Å². The molecule has 1 aliphatic heterocycles. The molecule has 0 aliphatic carbocycles. The molecule has 0 aromatic heterocycles. The van der Waals surface area contributed by atoms with Gasteiger partial charge in [0.15, 0.2) is 11.5 Å². The molecule has 0 fully saturated rings.